The van der Waals surface area contributed by atoms with Gasteiger partial charge in [0.15, 0.2) is 0 Å². The van der Waals surface area contributed by atoms with Crippen molar-refractivity contribution in [2.45, 2.75) is 50.5 Å². The zero-order valence-corrected chi connectivity index (χ0v) is 15.5. The van der Waals surface area contributed by atoms with Gasteiger partial charge in [-0.25, -0.2) is 0 Å². The molecule has 0 N–H and O–H groups in total. The van der Waals surface area contributed by atoms with E-state index in [1.165, 1.54) is 6.20 Å². The number of para-hydroxylation sites is 1. The van der Waals surface area contributed by atoms with Gasteiger partial charge in [-0.3, -0.25) is 4.79 Å². The molecule has 0 spiro atoms. The minimum absolute atomic E-state index is 0.00869. The monoisotopic (exact) mass is 365 g/mol. The largest absolute Gasteiger partial charge is 0.487 e. The normalized spacial score (nSPS) is 30.7. The van der Waals surface area contributed by atoms with Crippen molar-refractivity contribution >= 4 is 5.91 Å². The van der Waals surface area contributed by atoms with Gasteiger partial charge in [-0.05, 0) is 38.8 Å². The molecule has 3 aliphatic rings. The molecule has 0 aliphatic carbocycles. The Labute approximate surface area is 158 Å². The van der Waals surface area contributed by atoms with Gasteiger partial charge in [-0.1, -0.05) is 18.2 Å². The van der Waals surface area contributed by atoms with Crippen LogP contribution in [0.5, 0.6) is 5.75 Å². The van der Waals surface area contributed by atoms with Crippen molar-refractivity contribution in [3.8, 4) is 5.75 Å². The summed E-state index contributed by atoms with van der Waals surface area (Å²) in [6.07, 6.45) is 4.91. The molecule has 140 valence electrons. The van der Waals surface area contributed by atoms with Gasteiger partial charge in [0, 0.05) is 18.0 Å². The fourth-order valence-corrected chi connectivity index (χ4v) is 4.87. The standard InChI is InChI=1S/C21H23N3O3/c1-21(2)15-11-16-18(26-19(15)14-5-3-4-6-17(14)27-21)8-10-24(16)20(25)13-7-9-22-23-12-13/h3-7,9,12,15-16,18-19H,8,10-11H2,1-2H3/t15-,16-,18-,19+/m1/s1. The maximum atomic E-state index is 13.0. The highest BCUT2D eigenvalue weighted by Gasteiger charge is 2.53. The summed E-state index contributed by atoms with van der Waals surface area (Å²) in [4.78, 5) is 14.9. The van der Waals surface area contributed by atoms with E-state index in [2.05, 4.69) is 30.1 Å². The van der Waals surface area contributed by atoms with E-state index in [4.69, 9.17) is 9.47 Å². The van der Waals surface area contributed by atoms with E-state index >= 15 is 0 Å². The molecule has 2 aromatic rings. The van der Waals surface area contributed by atoms with Gasteiger partial charge in [0.25, 0.3) is 5.91 Å². The molecule has 5 rings (SSSR count). The molecular formula is C21H23N3O3. The number of fused-ring (bicyclic) bond motifs is 4. The fraction of sp³-hybridized carbons (Fsp3) is 0.476. The molecule has 6 heteroatoms. The number of ether oxygens (including phenoxy) is 2. The second-order valence-corrected chi connectivity index (χ2v) is 8.17. The molecule has 2 saturated heterocycles. The molecule has 0 radical (unpaired) electrons. The lowest BCUT2D eigenvalue weighted by Gasteiger charge is -2.50. The number of nitrogens with zero attached hydrogens (tertiary/aromatic N) is 3. The number of benzene rings is 1. The van der Waals surface area contributed by atoms with Crippen molar-refractivity contribution in [3.63, 3.8) is 0 Å². The van der Waals surface area contributed by atoms with E-state index in [9.17, 15) is 4.79 Å². The van der Waals surface area contributed by atoms with Crippen LogP contribution in [0, 0.1) is 5.92 Å². The van der Waals surface area contributed by atoms with Gasteiger partial charge in [0.2, 0.25) is 0 Å². The number of amides is 1. The quantitative estimate of drug-likeness (QED) is 0.777. The molecule has 3 aliphatic heterocycles. The molecule has 4 heterocycles. The van der Waals surface area contributed by atoms with E-state index in [1.807, 2.05) is 23.1 Å². The lowest BCUT2D eigenvalue weighted by Crippen LogP contribution is -2.54. The Morgan fingerprint density at radius 2 is 2.07 bits per heavy atom. The summed E-state index contributed by atoms with van der Waals surface area (Å²) in [5.74, 6) is 1.11. The van der Waals surface area contributed by atoms with Crippen molar-refractivity contribution < 1.29 is 14.3 Å². The van der Waals surface area contributed by atoms with Gasteiger partial charge < -0.3 is 14.4 Å². The number of hydrogen-bond acceptors (Lipinski definition) is 5. The zero-order valence-electron chi connectivity index (χ0n) is 15.5. The topological polar surface area (TPSA) is 64.6 Å². The van der Waals surface area contributed by atoms with Gasteiger partial charge in [-0.2, -0.15) is 10.2 Å². The molecule has 27 heavy (non-hydrogen) atoms. The Morgan fingerprint density at radius 1 is 1.22 bits per heavy atom. The third kappa shape index (κ3) is 2.62. The Morgan fingerprint density at radius 3 is 2.89 bits per heavy atom. The number of carbonyl (C=O) groups excluding carboxylic acids is 1. The maximum absolute atomic E-state index is 13.0. The second kappa shape index (κ2) is 6.02. The number of hydrogen-bond donors (Lipinski definition) is 0. The molecule has 4 atom stereocenters. The summed E-state index contributed by atoms with van der Waals surface area (Å²) < 4.78 is 12.9. The van der Waals surface area contributed by atoms with E-state index in [0.717, 1.165) is 24.2 Å². The smallest absolute Gasteiger partial charge is 0.255 e. The van der Waals surface area contributed by atoms with Crippen LogP contribution >= 0.6 is 0 Å². The van der Waals surface area contributed by atoms with Gasteiger partial charge in [0.05, 0.1) is 36.2 Å². The third-order valence-electron chi connectivity index (χ3n) is 6.25. The molecule has 0 unspecified atom stereocenters. The van der Waals surface area contributed by atoms with Gasteiger partial charge in [0.1, 0.15) is 11.4 Å². The summed E-state index contributed by atoms with van der Waals surface area (Å²) in [6.45, 7) is 4.95. The Kier molecular flexibility index (Phi) is 3.72. The summed E-state index contributed by atoms with van der Waals surface area (Å²) in [7, 11) is 0. The maximum Gasteiger partial charge on any atom is 0.255 e. The Bertz CT molecular complexity index is 870. The van der Waals surface area contributed by atoms with Crippen LogP contribution in [0.2, 0.25) is 0 Å². The number of likely N-dealkylation sites (tertiary alicyclic amines) is 1. The van der Waals surface area contributed by atoms with Crippen LogP contribution < -0.4 is 4.74 Å². The van der Waals surface area contributed by atoms with Crippen molar-refractivity contribution in [2.24, 2.45) is 5.92 Å². The van der Waals surface area contributed by atoms with Crippen LogP contribution in [0.1, 0.15) is 48.7 Å². The van der Waals surface area contributed by atoms with Crippen molar-refractivity contribution in [1.29, 1.82) is 0 Å². The van der Waals surface area contributed by atoms with Gasteiger partial charge >= 0.3 is 0 Å². The highest BCUT2D eigenvalue weighted by Crippen LogP contribution is 2.52. The van der Waals surface area contributed by atoms with Crippen molar-refractivity contribution in [1.82, 2.24) is 15.1 Å². The van der Waals surface area contributed by atoms with Crippen LogP contribution in [0.15, 0.2) is 42.7 Å². The average Bonchev–Trinajstić information content (AvgIpc) is 3.10. The van der Waals surface area contributed by atoms with E-state index in [1.54, 1.807) is 12.3 Å². The number of aromatic nitrogens is 2. The van der Waals surface area contributed by atoms with E-state index in [0.29, 0.717) is 12.1 Å². The Balaban J connectivity index is 1.45. The van der Waals surface area contributed by atoms with Crippen LogP contribution in [-0.4, -0.2) is 45.3 Å². The summed E-state index contributed by atoms with van der Waals surface area (Å²) in [5, 5.41) is 7.61. The lowest BCUT2D eigenvalue weighted by molar-refractivity contribution is -0.159. The summed E-state index contributed by atoms with van der Waals surface area (Å²) in [6, 6.07) is 9.94. The summed E-state index contributed by atoms with van der Waals surface area (Å²) in [5.41, 5.74) is 1.36. The van der Waals surface area contributed by atoms with Crippen LogP contribution in [0.25, 0.3) is 0 Å². The molecular weight excluding hydrogens is 342 g/mol. The highest BCUT2D eigenvalue weighted by molar-refractivity contribution is 5.94. The van der Waals surface area contributed by atoms with E-state index < -0.39 is 0 Å². The van der Waals surface area contributed by atoms with Gasteiger partial charge in [-0.15, -0.1) is 0 Å². The molecule has 0 bridgehead atoms. The lowest BCUT2D eigenvalue weighted by atomic mass is 9.74. The van der Waals surface area contributed by atoms with Crippen molar-refractivity contribution in [3.05, 3.63) is 53.9 Å². The molecule has 0 saturated carbocycles. The molecule has 1 amide bonds. The number of rotatable bonds is 1. The van der Waals surface area contributed by atoms with Crippen LogP contribution in [-0.2, 0) is 4.74 Å². The molecule has 1 aromatic heterocycles. The second-order valence-electron chi connectivity index (χ2n) is 8.17. The minimum atomic E-state index is -0.348. The predicted octanol–water partition coefficient (Wildman–Crippen LogP) is 3.01. The zero-order chi connectivity index (χ0) is 18.6. The molecule has 2 fully saturated rings. The predicted molar refractivity (Wildman–Crippen MR) is 98.3 cm³/mol. The highest BCUT2D eigenvalue weighted by atomic mass is 16.5. The van der Waals surface area contributed by atoms with Crippen molar-refractivity contribution in [2.75, 3.05) is 6.54 Å². The minimum Gasteiger partial charge on any atom is -0.487 e. The average molecular weight is 365 g/mol. The first kappa shape index (κ1) is 16.7. The first-order valence-electron chi connectivity index (χ1n) is 9.56. The van der Waals surface area contributed by atoms with Crippen LogP contribution in [0.3, 0.4) is 0 Å². The fourth-order valence-electron chi connectivity index (χ4n) is 4.87. The third-order valence-corrected chi connectivity index (χ3v) is 6.25. The summed E-state index contributed by atoms with van der Waals surface area (Å²) >= 11 is 0. The molecule has 6 nitrogen and oxygen atoms in total. The first-order chi connectivity index (χ1) is 13.0. The molecule has 1 aromatic carbocycles. The Hall–Kier alpha value is -2.47. The first-order valence-corrected chi connectivity index (χ1v) is 9.56. The van der Waals surface area contributed by atoms with Crippen LogP contribution in [0.4, 0.5) is 0 Å². The number of carbonyl (C=O) groups is 1. The van der Waals surface area contributed by atoms with E-state index in [-0.39, 0.29) is 35.7 Å². The SMILES string of the molecule is CC1(C)Oc2ccccc2[C@@H]2O[C@@H]3CCN(C(=O)c4ccnnc4)[C@@H]3C[C@H]21.